The normalized spacial score (nSPS) is 22.2. The molecule has 2 rings (SSSR count). The summed E-state index contributed by atoms with van der Waals surface area (Å²) in [5.41, 5.74) is 0.519. The van der Waals surface area contributed by atoms with E-state index in [-0.39, 0.29) is 11.4 Å². The Hall–Kier alpha value is -0.900. The van der Waals surface area contributed by atoms with E-state index in [1.54, 1.807) is 24.0 Å². The van der Waals surface area contributed by atoms with Gasteiger partial charge in [-0.1, -0.05) is 0 Å². The molecular weight excluding hydrogens is 383 g/mol. The number of sulfone groups is 1. The summed E-state index contributed by atoms with van der Waals surface area (Å²) in [6.45, 7) is 2.23. The van der Waals surface area contributed by atoms with Gasteiger partial charge in [0.2, 0.25) is 0 Å². The van der Waals surface area contributed by atoms with Crippen LogP contribution < -0.4 is 4.90 Å². The first kappa shape index (κ1) is 14.5. The number of nitrogens with zero attached hydrogens (tertiary/aromatic N) is 2. The van der Waals surface area contributed by atoms with Crippen LogP contribution in [-0.2, 0) is 9.84 Å². The molecule has 6 nitrogen and oxygen atoms in total. The van der Waals surface area contributed by atoms with Crippen LogP contribution in [0.15, 0.2) is 18.2 Å². The lowest BCUT2D eigenvalue weighted by molar-refractivity contribution is -0.384. The zero-order valence-corrected chi connectivity index (χ0v) is 13.2. The molecule has 1 atom stereocenters. The summed E-state index contributed by atoms with van der Waals surface area (Å²) in [4.78, 5) is 12.4. The van der Waals surface area contributed by atoms with Gasteiger partial charge in [-0.05, 0) is 41.6 Å². The first-order valence-electron chi connectivity index (χ1n) is 5.72. The minimum atomic E-state index is -3.06. The van der Waals surface area contributed by atoms with Crippen molar-refractivity contribution in [3.8, 4) is 0 Å². The van der Waals surface area contributed by atoms with E-state index >= 15 is 0 Å². The van der Waals surface area contributed by atoms with Crippen molar-refractivity contribution in [1.82, 2.24) is 0 Å². The van der Waals surface area contributed by atoms with Gasteiger partial charge in [0.05, 0.1) is 15.9 Å². The molecule has 0 spiro atoms. The smallest absolute Gasteiger partial charge is 0.293 e. The lowest BCUT2D eigenvalue weighted by Crippen LogP contribution is -2.45. The molecule has 104 valence electrons. The number of anilines is 1. The van der Waals surface area contributed by atoms with Crippen LogP contribution in [0.4, 0.5) is 11.4 Å². The Labute approximate surface area is 125 Å². The van der Waals surface area contributed by atoms with E-state index in [0.717, 1.165) is 3.57 Å². The van der Waals surface area contributed by atoms with E-state index in [1.807, 2.05) is 22.6 Å². The standard InChI is InChI=1S/C11H13IN2O4S/c1-8-7-13(4-5-19(8,17)18)10-3-2-9(12)6-11(10)14(15)16/h2-3,6,8H,4-5,7H2,1H3. The first-order valence-corrected chi connectivity index (χ1v) is 8.51. The molecule has 1 aromatic rings. The van der Waals surface area contributed by atoms with Gasteiger partial charge in [-0.25, -0.2) is 8.42 Å². The molecule has 0 aromatic heterocycles. The van der Waals surface area contributed by atoms with Crippen LogP contribution in [0.1, 0.15) is 6.92 Å². The van der Waals surface area contributed by atoms with Crippen LogP contribution in [0.3, 0.4) is 0 Å². The summed E-state index contributed by atoms with van der Waals surface area (Å²) < 4.78 is 24.1. The summed E-state index contributed by atoms with van der Waals surface area (Å²) in [5, 5.41) is 10.6. The van der Waals surface area contributed by atoms with Gasteiger partial charge in [0, 0.05) is 22.7 Å². The van der Waals surface area contributed by atoms with Crippen LogP contribution in [-0.4, -0.2) is 37.4 Å². The second-order valence-electron chi connectivity index (χ2n) is 4.51. The quantitative estimate of drug-likeness (QED) is 0.433. The van der Waals surface area contributed by atoms with Gasteiger partial charge in [-0.2, -0.15) is 0 Å². The molecule has 1 aromatic carbocycles. The highest BCUT2D eigenvalue weighted by Gasteiger charge is 2.32. The molecule has 0 aliphatic carbocycles. The van der Waals surface area contributed by atoms with E-state index < -0.39 is 20.0 Å². The molecule has 19 heavy (non-hydrogen) atoms. The topological polar surface area (TPSA) is 80.5 Å². The fourth-order valence-corrected chi connectivity index (χ4v) is 3.84. The summed E-state index contributed by atoms with van der Waals surface area (Å²) >= 11 is 2.02. The van der Waals surface area contributed by atoms with Crippen LogP contribution in [0, 0.1) is 13.7 Å². The summed E-state index contributed by atoms with van der Waals surface area (Å²) in [7, 11) is -3.06. The molecule has 1 saturated heterocycles. The van der Waals surface area contributed by atoms with E-state index in [1.165, 1.54) is 6.07 Å². The van der Waals surface area contributed by atoms with Gasteiger partial charge in [-0.3, -0.25) is 10.1 Å². The number of rotatable bonds is 2. The number of hydrogen-bond donors (Lipinski definition) is 0. The minimum absolute atomic E-state index is 0.0263. The molecule has 1 heterocycles. The highest BCUT2D eigenvalue weighted by Crippen LogP contribution is 2.31. The Bertz CT molecular complexity index is 617. The molecule has 1 unspecified atom stereocenters. The largest absolute Gasteiger partial charge is 0.364 e. The molecular formula is C11H13IN2O4S. The van der Waals surface area contributed by atoms with Crippen molar-refractivity contribution in [2.75, 3.05) is 23.7 Å². The SMILES string of the molecule is CC1CN(c2ccc(I)cc2[N+](=O)[O-])CCS1(=O)=O. The first-order chi connectivity index (χ1) is 8.81. The molecule has 1 aliphatic heterocycles. The van der Waals surface area contributed by atoms with Crippen molar-refractivity contribution in [3.05, 3.63) is 31.9 Å². The third-order valence-electron chi connectivity index (χ3n) is 3.21. The minimum Gasteiger partial charge on any atom is -0.364 e. The van der Waals surface area contributed by atoms with Gasteiger partial charge < -0.3 is 4.90 Å². The zero-order valence-electron chi connectivity index (χ0n) is 10.2. The predicted molar refractivity (Wildman–Crippen MR) is 81.3 cm³/mol. The highest BCUT2D eigenvalue weighted by atomic mass is 127. The van der Waals surface area contributed by atoms with Crippen LogP contribution in [0.5, 0.6) is 0 Å². The molecule has 0 N–H and O–H groups in total. The lowest BCUT2D eigenvalue weighted by Gasteiger charge is -2.32. The Morgan fingerprint density at radius 2 is 2.16 bits per heavy atom. The third-order valence-corrected chi connectivity index (χ3v) is 6.01. The number of halogens is 1. The van der Waals surface area contributed by atoms with Crippen molar-refractivity contribution >= 4 is 43.8 Å². The maximum absolute atomic E-state index is 11.7. The lowest BCUT2D eigenvalue weighted by atomic mass is 10.2. The van der Waals surface area contributed by atoms with Crippen LogP contribution in [0.2, 0.25) is 0 Å². The zero-order chi connectivity index (χ0) is 14.2. The molecule has 1 fully saturated rings. The monoisotopic (exact) mass is 396 g/mol. The molecule has 0 amide bonds. The van der Waals surface area contributed by atoms with Crippen LogP contribution >= 0.6 is 22.6 Å². The van der Waals surface area contributed by atoms with E-state index in [2.05, 4.69) is 0 Å². The van der Waals surface area contributed by atoms with Crippen molar-refractivity contribution < 1.29 is 13.3 Å². The van der Waals surface area contributed by atoms with Crippen molar-refractivity contribution in [2.45, 2.75) is 12.2 Å². The molecule has 0 saturated carbocycles. The Balaban J connectivity index is 2.36. The van der Waals surface area contributed by atoms with E-state index in [0.29, 0.717) is 18.8 Å². The summed E-state index contributed by atoms with van der Waals surface area (Å²) in [6, 6.07) is 4.98. The summed E-state index contributed by atoms with van der Waals surface area (Å²) in [6.07, 6.45) is 0. The number of nitro benzene ring substituents is 1. The second kappa shape index (κ2) is 5.23. The summed E-state index contributed by atoms with van der Waals surface area (Å²) in [5.74, 6) is 0.0390. The van der Waals surface area contributed by atoms with Crippen molar-refractivity contribution in [2.24, 2.45) is 0 Å². The average molecular weight is 396 g/mol. The van der Waals surface area contributed by atoms with Gasteiger partial charge in [0.25, 0.3) is 5.69 Å². The number of benzene rings is 1. The van der Waals surface area contributed by atoms with Gasteiger partial charge in [0.15, 0.2) is 9.84 Å². The van der Waals surface area contributed by atoms with Crippen LogP contribution in [0.25, 0.3) is 0 Å². The van der Waals surface area contributed by atoms with Crippen molar-refractivity contribution in [3.63, 3.8) is 0 Å². The second-order valence-corrected chi connectivity index (χ2v) is 8.30. The van der Waals surface area contributed by atoms with Crippen molar-refractivity contribution in [1.29, 1.82) is 0 Å². The van der Waals surface area contributed by atoms with E-state index in [9.17, 15) is 18.5 Å². The van der Waals surface area contributed by atoms with E-state index in [4.69, 9.17) is 0 Å². The van der Waals surface area contributed by atoms with Gasteiger partial charge in [0.1, 0.15) is 5.69 Å². The Morgan fingerprint density at radius 1 is 1.47 bits per heavy atom. The fourth-order valence-electron chi connectivity index (χ4n) is 2.08. The average Bonchev–Trinajstić information content (AvgIpc) is 2.33. The Kier molecular flexibility index (Phi) is 4.00. The number of nitro groups is 1. The predicted octanol–water partition coefficient (Wildman–Crippen LogP) is 1.82. The van der Waals surface area contributed by atoms with Gasteiger partial charge in [-0.15, -0.1) is 0 Å². The molecule has 8 heteroatoms. The fraction of sp³-hybridized carbons (Fsp3) is 0.455. The number of hydrogen-bond acceptors (Lipinski definition) is 5. The maximum atomic E-state index is 11.7. The maximum Gasteiger partial charge on any atom is 0.293 e. The third kappa shape index (κ3) is 2.99. The van der Waals surface area contributed by atoms with Gasteiger partial charge >= 0.3 is 0 Å². The molecule has 0 bridgehead atoms. The Morgan fingerprint density at radius 3 is 2.74 bits per heavy atom. The molecule has 0 radical (unpaired) electrons. The molecule has 1 aliphatic rings. The highest BCUT2D eigenvalue weighted by molar-refractivity contribution is 14.1.